The summed E-state index contributed by atoms with van der Waals surface area (Å²) in [4.78, 5) is 24.8. The number of methoxy groups -OCH3 is 2. The van der Waals surface area contributed by atoms with Crippen LogP contribution in [-0.4, -0.2) is 56.3 Å². The Labute approximate surface area is 186 Å². The Hall–Kier alpha value is -4.01. The van der Waals surface area contributed by atoms with Gasteiger partial charge in [0.2, 0.25) is 0 Å². The Morgan fingerprint density at radius 2 is 1.59 bits per heavy atom. The maximum atomic E-state index is 11.6. The van der Waals surface area contributed by atoms with Gasteiger partial charge in [-0.05, 0) is 48.5 Å². The first-order valence-corrected chi connectivity index (χ1v) is 10.3. The van der Waals surface area contributed by atoms with Crippen LogP contribution in [0.4, 0.5) is 28.7 Å². The van der Waals surface area contributed by atoms with Crippen molar-refractivity contribution in [2.75, 3.05) is 61.2 Å². The molecule has 1 fully saturated rings. The lowest BCUT2D eigenvalue weighted by Gasteiger charge is -2.37. The highest BCUT2D eigenvalue weighted by atomic mass is 16.5. The van der Waals surface area contributed by atoms with Crippen LogP contribution in [-0.2, 0) is 4.74 Å². The van der Waals surface area contributed by atoms with E-state index in [1.807, 2.05) is 12.1 Å². The number of carbonyl (C=O) groups is 1. The Kier molecular flexibility index (Phi) is 6.25. The number of nitrogens with one attached hydrogen (secondary N) is 1. The van der Waals surface area contributed by atoms with E-state index < -0.39 is 0 Å². The van der Waals surface area contributed by atoms with Gasteiger partial charge in [-0.3, -0.25) is 0 Å². The topological polar surface area (TPSA) is 106 Å². The quantitative estimate of drug-likeness (QED) is 0.566. The number of nitrogens with two attached hydrogens (primary N) is 1. The van der Waals surface area contributed by atoms with Crippen molar-refractivity contribution < 1.29 is 14.3 Å². The molecule has 9 heteroatoms. The summed E-state index contributed by atoms with van der Waals surface area (Å²) in [5.74, 6) is 1.71. The van der Waals surface area contributed by atoms with Crippen LogP contribution in [0.2, 0.25) is 0 Å². The van der Waals surface area contributed by atoms with E-state index in [0.717, 1.165) is 37.6 Å². The van der Waals surface area contributed by atoms with E-state index in [9.17, 15) is 4.79 Å². The number of nitrogen functional groups attached to an aromatic ring is 1. The molecule has 2 heterocycles. The number of anilines is 5. The van der Waals surface area contributed by atoms with Crippen LogP contribution < -0.4 is 25.6 Å². The molecule has 4 rings (SSSR count). The minimum atomic E-state index is -0.380. The van der Waals surface area contributed by atoms with E-state index in [2.05, 4.69) is 37.2 Å². The van der Waals surface area contributed by atoms with Gasteiger partial charge in [-0.15, -0.1) is 0 Å². The van der Waals surface area contributed by atoms with E-state index in [-0.39, 0.29) is 5.97 Å². The number of esters is 1. The zero-order valence-corrected chi connectivity index (χ0v) is 18.1. The zero-order chi connectivity index (χ0) is 22.5. The molecule has 32 heavy (non-hydrogen) atoms. The third-order valence-corrected chi connectivity index (χ3v) is 5.45. The van der Waals surface area contributed by atoms with Gasteiger partial charge >= 0.3 is 5.97 Å². The van der Waals surface area contributed by atoms with Crippen LogP contribution in [0.25, 0.3) is 0 Å². The first-order chi connectivity index (χ1) is 15.6. The highest BCUT2D eigenvalue weighted by Crippen LogP contribution is 2.30. The van der Waals surface area contributed by atoms with Crippen LogP contribution >= 0.6 is 0 Å². The number of hydrogen-bond donors (Lipinski definition) is 2. The molecule has 0 aliphatic carbocycles. The summed E-state index contributed by atoms with van der Waals surface area (Å²) in [6, 6.07) is 15.0. The number of carbonyl (C=O) groups excluding carboxylic acids is 1. The molecule has 0 atom stereocenters. The molecule has 0 saturated carbocycles. The average Bonchev–Trinajstić information content (AvgIpc) is 2.85. The number of rotatable bonds is 6. The first-order valence-electron chi connectivity index (χ1n) is 10.3. The van der Waals surface area contributed by atoms with Crippen molar-refractivity contribution in [3.8, 4) is 5.75 Å². The Morgan fingerprint density at radius 3 is 2.22 bits per heavy atom. The van der Waals surface area contributed by atoms with E-state index in [1.54, 1.807) is 31.4 Å². The molecule has 1 aliphatic rings. The number of nitrogens with zero attached hydrogens (tertiary/aromatic N) is 4. The smallest absolute Gasteiger partial charge is 0.337 e. The summed E-state index contributed by atoms with van der Waals surface area (Å²) in [6.07, 6.45) is 1.51. The molecule has 0 spiro atoms. The van der Waals surface area contributed by atoms with Crippen molar-refractivity contribution in [2.45, 2.75) is 0 Å². The van der Waals surface area contributed by atoms with Crippen molar-refractivity contribution in [1.29, 1.82) is 0 Å². The zero-order valence-electron chi connectivity index (χ0n) is 18.1. The van der Waals surface area contributed by atoms with Gasteiger partial charge < -0.3 is 30.3 Å². The highest BCUT2D eigenvalue weighted by molar-refractivity contribution is 5.90. The van der Waals surface area contributed by atoms with Gasteiger partial charge in [-0.2, -0.15) is 0 Å². The van der Waals surface area contributed by atoms with Gasteiger partial charge in [0.15, 0.2) is 11.6 Å². The molecule has 1 aromatic heterocycles. The summed E-state index contributed by atoms with van der Waals surface area (Å²) < 4.78 is 9.97. The molecule has 3 aromatic rings. The van der Waals surface area contributed by atoms with Crippen molar-refractivity contribution >= 4 is 34.7 Å². The fourth-order valence-corrected chi connectivity index (χ4v) is 3.65. The van der Waals surface area contributed by atoms with Gasteiger partial charge in [0.05, 0.1) is 19.8 Å². The fourth-order valence-electron chi connectivity index (χ4n) is 3.65. The van der Waals surface area contributed by atoms with Gasteiger partial charge in [0.25, 0.3) is 0 Å². The predicted octanol–water partition coefficient (Wildman–Crippen LogP) is 2.92. The lowest BCUT2D eigenvalue weighted by atomic mass is 10.2. The normalized spacial score (nSPS) is 13.6. The van der Waals surface area contributed by atoms with E-state index in [4.69, 9.17) is 15.2 Å². The molecule has 2 aromatic carbocycles. The third-order valence-electron chi connectivity index (χ3n) is 5.45. The number of piperazine rings is 1. The summed E-state index contributed by atoms with van der Waals surface area (Å²) in [5, 5.41) is 3.20. The lowest BCUT2D eigenvalue weighted by molar-refractivity contribution is 0.0601. The van der Waals surface area contributed by atoms with Gasteiger partial charge in [-0.25, -0.2) is 14.8 Å². The number of ether oxygens (including phenoxy) is 2. The molecule has 3 N–H and O–H groups in total. The van der Waals surface area contributed by atoms with Crippen LogP contribution in [0.1, 0.15) is 10.4 Å². The molecule has 0 radical (unpaired) electrons. The van der Waals surface area contributed by atoms with Crippen molar-refractivity contribution in [3.05, 3.63) is 60.4 Å². The summed E-state index contributed by atoms with van der Waals surface area (Å²) in [7, 11) is 3.02. The van der Waals surface area contributed by atoms with E-state index >= 15 is 0 Å². The third kappa shape index (κ3) is 4.51. The maximum Gasteiger partial charge on any atom is 0.337 e. The fraction of sp³-hybridized carbons (Fsp3) is 0.261. The second-order valence-corrected chi connectivity index (χ2v) is 7.33. The van der Waals surface area contributed by atoms with Gasteiger partial charge in [0, 0.05) is 37.6 Å². The van der Waals surface area contributed by atoms with Crippen LogP contribution in [0.15, 0.2) is 54.9 Å². The van der Waals surface area contributed by atoms with E-state index in [0.29, 0.717) is 22.9 Å². The van der Waals surface area contributed by atoms with Crippen LogP contribution in [0.3, 0.4) is 0 Å². The predicted molar refractivity (Wildman–Crippen MR) is 125 cm³/mol. The Balaban J connectivity index is 1.43. The number of benzene rings is 2. The van der Waals surface area contributed by atoms with Gasteiger partial charge in [0.1, 0.15) is 17.8 Å². The molecule has 166 valence electrons. The van der Waals surface area contributed by atoms with Gasteiger partial charge in [-0.1, -0.05) is 0 Å². The molecule has 1 aliphatic heterocycles. The van der Waals surface area contributed by atoms with Crippen LogP contribution in [0, 0.1) is 0 Å². The molecule has 1 saturated heterocycles. The second-order valence-electron chi connectivity index (χ2n) is 7.33. The lowest BCUT2D eigenvalue weighted by Crippen LogP contribution is -2.47. The standard InChI is InChI=1S/C23H26N6O3/c1-31-19-9-7-18(8-10-19)28-11-13-29(14-12-28)22-20(24)21(25-15-26-22)27-17-5-3-16(4-6-17)23(30)32-2/h3-10,15H,11-14,24H2,1-2H3,(H,25,26,27). The first kappa shape index (κ1) is 21.2. The summed E-state index contributed by atoms with van der Waals surface area (Å²) >= 11 is 0. The number of aromatic nitrogens is 2. The molecule has 0 unspecified atom stereocenters. The largest absolute Gasteiger partial charge is 0.497 e. The maximum absolute atomic E-state index is 11.6. The van der Waals surface area contributed by atoms with E-state index in [1.165, 1.54) is 19.1 Å². The Bertz CT molecular complexity index is 1060. The molecule has 9 nitrogen and oxygen atoms in total. The van der Waals surface area contributed by atoms with Crippen molar-refractivity contribution in [2.24, 2.45) is 0 Å². The molecular formula is C23H26N6O3. The summed E-state index contributed by atoms with van der Waals surface area (Å²) in [6.45, 7) is 3.29. The average molecular weight is 435 g/mol. The van der Waals surface area contributed by atoms with Crippen molar-refractivity contribution in [3.63, 3.8) is 0 Å². The minimum Gasteiger partial charge on any atom is -0.497 e. The monoisotopic (exact) mass is 434 g/mol. The molecular weight excluding hydrogens is 408 g/mol. The second kappa shape index (κ2) is 9.42. The Morgan fingerprint density at radius 1 is 0.938 bits per heavy atom. The highest BCUT2D eigenvalue weighted by Gasteiger charge is 2.21. The van der Waals surface area contributed by atoms with Crippen LogP contribution in [0.5, 0.6) is 5.75 Å². The SMILES string of the molecule is COC(=O)c1ccc(Nc2ncnc(N3CCN(c4ccc(OC)cc4)CC3)c2N)cc1. The number of hydrogen-bond acceptors (Lipinski definition) is 9. The minimum absolute atomic E-state index is 0.380. The molecule has 0 amide bonds. The van der Waals surface area contributed by atoms with Crippen molar-refractivity contribution in [1.82, 2.24) is 9.97 Å². The molecule has 0 bridgehead atoms. The summed E-state index contributed by atoms with van der Waals surface area (Å²) in [5.41, 5.74) is 9.30.